The van der Waals surface area contributed by atoms with Gasteiger partial charge < -0.3 is 10.6 Å². The van der Waals surface area contributed by atoms with Crippen molar-refractivity contribution in [3.8, 4) is 0 Å². The Balaban J connectivity index is 0.00000156. The molecule has 0 saturated heterocycles. The molecule has 1 atom stereocenters. The lowest BCUT2D eigenvalue weighted by Gasteiger charge is -2.30. The zero-order valence-corrected chi connectivity index (χ0v) is 17.0. The summed E-state index contributed by atoms with van der Waals surface area (Å²) in [6.45, 7) is 2.04. The first kappa shape index (κ1) is 21.7. The van der Waals surface area contributed by atoms with Gasteiger partial charge >= 0.3 is 0 Å². The minimum Gasteiger partial charge on any atom is -0.399 e. The molecule has 1 aliphatic rings. The van der Waals surface area contributed by atoms with Crippen molar-refractivity contribution in [1.82, 2.24) is 9.88 Å². The summed E-state index contributed by atoms with van der Waals surface area (Å²) in [6, 6.07) is 7.95. The monoisotopic (exact) mass is 401 g/mol. The van der Waals surface area contributed by atoms with Gasteiger partial charge in [0.05, 0.1) is 21.6 Å². The number of hydrogen-bond donors (Lipinski definition) is 1. The first-order chi connectivity index (χ1) is 11.1. The number of anilines is 1. The maximum absolute atomic E-state index is 12.6. The Bertz CT molecular complexity index is 720. The average molecular weight is 402 g/mol. The molecule has 138 valence electrons. The minimum absolute atomic E-state index is 0. The van der Waals surface area contributed by atoms with Crippen LogP contribution < -0.4 is 5.73 Å². The lowest BCUT2D eigenvalue weighted by Crippen LogP contribution is -2.33. The van der Waals surface area contributed by atoms with Crippen LogP contribution in [0.15, 0.2) is 24.3 Å². The van der Waals surface area contributed by atoms with Crippen LogP contribution in [0.3, 0.4) is 0 Å². The molecule has 2 aromatic rings. The predicted octanol–water partition coefficient (Wildman–Crippen LogP) is 4.35. The van der Waals surface area contributed by atoms with E-state index in [1.54, 1.807) is 11.3 Å². The number of rotatable bonds is 4. The van der Waals surface area contributed by atoms with E-state index >= 15 is 0 Å². The van der Waals surface area contributed by atoms with E-state index in [2.05, 4.69) is 4.98 Å². The number of fused-ring (bicyclic) bond motifs is 1. The van der Waals surface area contributed by atoms with Crippen LogP contribution in [0.5, 0.6) is 0 Å². The molecule has 2 N–H and O–H groups in total. The maximum Gasteiger partial charge on any atom is 0.223 e. The molecule has 1 unspecified atom stereocenters. The van der Waals surface area contributed by atoms with Crippen molar-refractivity contribution in [2.24, 2.45) is 0 Å². The summed E-state index contributed by atoms with van der Waals surface area (Å²) in [4.78, 5) is 20.4. The molecule has 4 nitrogen and oxygen atoms in total. The molecule has 1 heterocycles. The molecule has 1 amide bonds. The number of nitrogen functional groups attached to an aromatic ring is 1. The Labute approximate surface area is 165 Å². The van der Waals surface area contributed by atoms with Crippen molar-refractivity contribution in [3.63, 3.8) is 0 Å². The van der Waals surface area contributed by atoms with Gasteiger partial charge in [0.15, 0.2) is 0 Å². The van der Waals surface area contributed by atoms with Crippen molar-refractivity contribution in [1.29, 1.82) is 0 Å². The standard InChI is InChI=1S/C18H23N3OS.2ClH/c1-12-20-15-8-5-9-16(18(15)23-12)21(2)17(22)11-10-13-6-3-4-7-14(13)19;;/h3-4,6-7,16H,5,8-11,19H2,1-2H3;2*1H. The van der Waals surface area contributed by atoms with Crippen molar-refractivity contribution in [3.05, 3.63) is 45.4 Å². The fourth-order valence-electron chi connectivity index (χ4n) is 3.24. The van der Waals surface area contributed by atoms with Crippen LogP contribution in [-0.2, 0) is 17.6 Å². The number of aryl methyl sites for hydroxylation is 3. The smallest absolute Gasteiger partial charge is 0.223 e. The van der Waals surface area contributed by atoms with E-state index in [1.165, 1.54) is 10.6 Å². The molecule has 0 saturated carbocycles. The lowest BCUT2D eigenvalue weighted by molar-refractivity contribution is -0.132. The zero-order chi connectivity index (χ0) is 16.4. The molecule has 1 aromatic heterocycles. The summed E-state index contributed by atoms with van der Waals surface area (Å²) < 4.78 is 0. The third-order valence-electron chi connectivity index (χ3n) is 4.55. The lowest BCUT2D eigenvalue weighted by atomic mass is 9.96. The summed E-state index contributed by atoms with van der Waals surface area (Å²) >= 11 is 1.74. The van der Waals surface area contributed by atoms with Crippen LogP contribution in [-0.4, -0.2) is 22.8 Å². The van der Waals surface area contributed by atoms with Gasteiger partial charge in [-0.1, -0.05) is 18.2 Å². The predicted molar refractivity (Wildman–Crippen MR) is 109 cm³/mol. The van der Waals surface area contributed by atoms with Gasteiger partial charge in [-0.3, -0.25) is 4.79 Å². The molecule has 25 heavy (non-hydrogen) atoms. The highest BCUT2D eigenvalue weighted by Crippen LogP contribution is 2.37. The van der Waals surface area contributed by atoms with Crippen LogP contribution in [0, 0.1) is 6.92 Å². The van der Waals surface area contributed by atoms with Crippen LogP contribution >= 0.6 is 36.2 Å². The van der Waals surface area contributed by atoms with E-state index in [0.717, 1.165) is 35.5 Å². The molecule has 0 aliphatic heterocycles. The van der Waals surface area contributed by atoms with Crippen molar-refractivity contribution in [2.75, 3.05) is 12.8 Å². The van der Waals surface area contributed by atoms with E-state index < -0.39 is 0 Å². The highest BCUT2D eigenvalue weighted by Gasteiger charge is 2.29. The number of carbonyl (C=O) groups excluding carboxylic acids is 1. The second kappa shape index (κ2) is 9.41. The van der Waals surface area contributed by atoms with Crippen LogP contribution in [0.4, 0.5) is 5.69 Å². The zero-order valence-electron chi connectivity index (χ0n) is 14.5. The first-order valence-electron chi connectivity index (χ1n) is 8.11. The largest absolute Gasteiger partial charge is 0.399 e. The fourth-order valence-corrected chi connectivity index (χ4v) is 4.39. The summed E-state index contributed by atoms with van der Waals surface area (Å²) in [5.74, 6) is 0.178. The van der Waals surface area contributed by atoms with E-state index in [1.807, 2.05) is 43.1 Å². The van der Waals surface area contributed by atoms with Crippen molar-refractivity contribution >= 4 is 47.7 Å². The van der Waals surface area contributed by atoms with Crippen molar-refractivity contribution < 1.29 is 4.79 Å². The normalized spacial score (nSPS) is 15.5. The van der Waals surface area contributed by atoms with Crippen LogP contribution in [0.1, 0.15) is 46.4 Å². The van der Waals surface area contributed by atoms with E-state index in [9.17, 15) is 4.79 Å². The molecule has 7 heteroatoms. The van der Waals surface area contributed by atoms with E-state index in [4.69, 9.17) is 5.73 Å². The van der Waals surface area contributed by atoms with Gasteiger partial charge in [0.2, 0.25) is 5.91 Å². The minimum atomic E-state index is 0. The van der Waals surface area contributed by atoms with E-state index in [0.29, 0.717) is 12.8 Å². The first-order valence-corrected chi connectivity index (χ1v) is 8.93. The van der Waals surface area contributed by atoms with E-state index in [-0.39, 0.29) is 36.8 Å². The Morgan fingerprint density at radius 3 is 2.80 bits per heavy atom. The second-order valence-corrected chi connectivity index (χ2v) is 7.39. The molecular formula is C18H25Cl2N3OS. The summed E-state index contributed by atoms with van der Waals surface area (Å²) in [5.41, 5.74) is 8.96. The summed E-state index contributed by atoms with van der Waals surface area (Å²) in [5, 5.41) is 1.10. The SMILES string of the molecule is Cc1nc2c(s1)C(N(C)C(=O)CCc1ccccc1N)CCC2.Cl.Cl. The number of carbonyl (C=O) groups is 1. The molecular weight excluding hydrogens is 377 g/mol. The van der Waals surface area contributed by atoms with Gasteiger partial charge in [-0.05, 0) is 44.2 Å². The maximum atomic E-state index is 12.6. The van der Waals surface area contributed by atoms with Gasteiger partial charge in [-0.15, -0.1) is 36.2 Å². The number of nitrogens with two attached hydrogens (primary N) is 1. The van der Waals surface area contributed by atoms with Gasteiger partial charge in [0.1, 0.15) is 0 Å². The van der Waals surface area contributed by atoms with Gasteiger partial charge in [-0.25, -0.2) is 4.98 Å². The average Bonchev–Trinajstić information content (AvgIpc) is 2.93. The molecule has 1 aromatic carbocycles. The molecule has 0 radical (unpaired) electrons. The summed E-state index contributed by atoms with van der Waals surface area (Å²) in [7, 11) is 1.92. The number of hydrogen-bond acceptors (Lipinski definition) is 4. The quantitative estimate of drug-likeness (QED) is 0.774. The van der Waals surface area contributed by atoms with Gasteiger partial charge in [-0.2, -0.15) is 0 Å². The molecule has 0 spiro atoms. The number of benzene rings is 1. The number of halogens is 2. The Kier molecular flexibility index (Phi) is 8.19. The molecule has 0 fully saturated rings. The summed E-state index contributed by atoms with van der Waals surface area (Å²) in [6.07, 6.45) is 4.36. The fraction of sp³-hybridized carbons (Fsp3) is 0.444. The number of thiazole rings is 1. The van der Waals surface area contributed by atoms with Gasteiger partial charge in [0.25, 0.3) is 0 Å². The number of nitrogens with zero attached hydrogens (tertiary/aromatic N) is 2. The third kappa shape index (κ3) is 4.87. The Morgan fingerprint density at radius 1 is 1.36 bits per heavy atom. The molecule has 0 bridgehead atoms. The molecule has 3 rings (SSSR count). The van der Waals surface area contributed by atoms with Crippen LogP contribution in [0.2, 0.25) is 0 Å². The highest BCUT2D eigenvalue weighted by atomic mass is 35.5. The second-order valence-electron chi connectivity index (χ2n) is 6.16. The third-order valence-corrected chi connectivity index (χ3v) is 5.67. The van der Waals surface area contributed by atoms with Crippen LogP contribution in [0.25, 0.3) is 0 Å². The Morgan fingerprint density at radius 2 is 2.08 bits per heavy atom. The van der Waals surface area contributed by atoms with Gasteiger partial charge in [0, 0.05) is 19.2 Å². The number of amides is 1. The topological polar surface area (TPSA) is 59.2 Å². The van der Waals surface area contributed by atoms with Crippen molar-refractivity contribution in [2.45, 2.75) is 45.1 Å². The number of aromatic nitrogens is 1. The highest BCUT2D eigenvalue weighted by molar-refractivity contribution is 7.11. The molecule has 1 aliphatic carbocycles. The Hall–Kier alpha value is -1.30. The number of para-hydroxylation sites is 1.